The lowest BCUT2D eigenvalue weighted by Gasteiger charge is -2.38. The number of hydrogen-bond acceptors (Lipinski definition) is 4. The van der Waals surface area contributed by atoms with Crippen molar-refractivity contribution >= 4 is 23.2 Å². The smallest absolute Gasteiger partial charge is 0.238 e. The summed E-state index contributed by atoms with van der Waals surface area (Å²) >= 11 is 6.07. The van der Waals surface area contributed by atoms with Crippen LogP contribution in [0, 0.1) is 6.92 Å². The predicted octanol–water partition coefficient (Wildman–Crippen LogP) is 1.98. The summed E-state index contributed by atoms with van der Waals surface area (Å²) in [6, 6.07) is 5.78. The molecule has 6 heteroatoms. The second kappa shape index (κ2) is 8.64. The molecule has 1 amide bonds. The monoisotopic (exact) mass is 339 g/mol. The maximum absolute atomic E-state index is 12.2. The first-order chi connectivity index (χ1) is 11.0. The minimum Gasteiger partial charge on any atom is -0.395 e. The number of halogens is 1. The molecular weight excluding hydrogens is 314 g/mol. The quantitative estimate of drug-likeness (QED) is 0.832. The van der Waals surface area contributed by atoms with Crippen molar-refractivity contribution in [2.75, 3.05) is 44.6 Å². The molecule has 1 aromatic carbocycles. The van der Waals surface area contributed by atoms with E-state index in [0.29, 0.717) is 11.6 Å². The SMILES string of the molecule is CCC(CO)N1CCN(CC(=O)Nc2ccc(C)c(Cl)c2)CC1. The van der Waals surface area contributed by atoms with Crippen molar-refractivity contribution in [2.45, 2.75) is 26.3 Å². The first kappa shape index (κ1) is 18.2. The summed E-state index contributed by atoms with van der Waals surface area (Å²) in [6.45, 7) is 8.08. The third-order valence-electron chi connectivity index (χ3n) is 4.43. The molecule has 128 valence electrons. The van der Waals surface area contributed by atoms with Crippen molar-refractivity contribution in [3.05, 3.63) is 28.8 Å². The molecule has 1 saturated heterocycles. The Labute approximate surface area is 143 Å². The van der Waals surface area contributed by atoms with Gasteiger partial charge in [0, 0.05) is 42.9 Å². The first-order valence-electron chi connectivity index (χ1n) is 8.16. The Hall–Kier alpha value is -1.14. The zero-order chi connectivity index (χ0) is 16.8. The molecule has 0 aliphatic carbocycles. The molecule has 1 heterocycles. The van der Waals surface area contributed by atoms with Gasteiger partial charge >= 0.3 is 0 Å². The number of aliphatic hydroxyl groups is 1. The third kappa shape index (κ3) is 5.18. The van der Waals surface area contributed by atoms with Crippen molar-refractivity contribution in [1.82, 2.24) is 9.80 Å². The van der Waals surface area contributed by atoms with E-state index in [1.54, 1.807) is 6.07 Å². The van der Waals surface area contributed by atoms with Crippen LogP contribution < -0.4 is 5.32 Å². The van der Waals surface area contributed by atoms with E-state index < -0.39 is 0 Å². The number of carbonyl (C=O) groups excluding carboxylic acids is 1. The van der Waals surface area contributed by atoms with Gasteiger partial charge in [-0.1, -0.05) is 24.6 Å². The number of piperazine rings is 1. The number of benzene rings is 1. The molecule has 1 atom stereocenters. The van der Waals surface area contributed by atoms with Crippen LogP contribution in [0.1, 0.15) is 18.9 Å². The molecule has 0 aromatic heterocycles. The first-order valence-corrected chi connectivity index (χ1v) is 8.54. The molecule has 0 spiro atoms. The normalized spacial score (nSPS) is 17.9. The molecule has 1 aliphatic rings. The van der Waals surface area contributed by atoms with Crippen LogP contribution in [0.25, 0.3) is 0 Å². The van der Waals surface area contributed by atoms with Crippen LogP contribution >= 0.6 is 11.6 Å². The summed E-state index contributed by atoms with van der Waals surface area (Å²) in [5, 5.41) is 12.9. The lowest BCUT2D eigenvalue weighted by atomic mass is 10.1. The Morgan fingerprint density at radius 1 is 1.35 bits per heavy atom. The number of hydrogen-bond donors (Lipinski definition) is 2. The van der Waals surface area contributed by atoms with Crippen LogP contribution in [0.2, 0.25) is 5.02 Å². The zero-order valence-electron chi connectivity index (χ0n) is 13.9. The Balaban J connectivity index is 1.79. The van der Waals surface area contributed by atoms with Gasteiger partial charge in [-0.25, -0.2) is 0 Å². The van der Waals surface area contributed by atoms with Gasteiger partial charge in [0.15, 0.2) is 0 Å². The van der Waals surface area contributed by atoms with Gasteiger partial charge in [0.25, 0.3) is 0 Å². The lowest BCUT2D eigenvalue weighted by Crippen LogP contribution is -2.52. The average molecular weight is 340 g/mol. The van der Waals surface area contributed by atoms with E-state index in [1.807, 2.05) is 19.1 Å². The molecule has 1 aliphatic heterocycles. The summed E-state index contributed by atoms with van der Waals surface area (Å²) in [6.07, 6.45) is 0.950. The number of amides is 1. The van der Waals surface area contributed by atoms with Crippen molar-refractivity contribution in [1.29, 1.82) is 0 Å². The topological polar surface area (TPSA) is 55.8 Å². The van der Waals surface area contributed by atoms with Crippen LogP contribution in [0.4, 0.5) is 5.69 Å². The Morgan fingerprint density at radius 2 is 2.04 bits per heavy atom. The van der Waals surface area contributed by atoms with E-state index in [1.165, 1.54) is 0 Å². The molecule has 2 N–H and O–H groups in total. The van der Waals surface area contributed by atoms with Crippen molar-refractivity contribution in [3.8, 4) is 0 Å². The number of rotatable bonds is 6. The lowest BCUT2D eigenvalue weighted by molar-refractivity contribution is -0.117. The van der Waals surface area contributed by atoms with Gasteiger partial charge in [0.05, 0.1) is 13.2 Å². The fourth-order valence-corrected chi connectivity index (χ4v) is 3.04. The standard InChI is InChI=1S/C17H26ClN3O2/c1-3-15(12-22)21-8-6-20(7-9-21)11-17(23)19-14-5-4-13(2)16(18)10-14/h4-5,10,15,22H,3,6-9,11-12H2,1-2H3,(H,19,23). The molecule has 1 unspecified atom stereocenters. The summed E-state index contributed by atoms with van der Waals surface area (Å²) in [4.78, 5) is 16.6. The number of aliphatic hydroxyl groups excluding tert-OH is 1. The molecule has 1 fully saturated rings. The summed E-state index contributed by atoms with van der Waals surface area (Å²) in [5.74, 6) is -0.0208. The molecule has 2 rings (SSSR count). The minimum absolute atomic E-state index is 0.0208. The number of anilines is 1. The second-order valence-corrected chi connectivity index (χ2v) is 6.48. The largest absolute Gasteiger partial charge is 0.395 e. The highest BCUT2D eigenvalue weighted by molar-refractivity contribution is 6.31. The molecule has 1 aromatic rings. The van der Waals surface area contributed by atoms with Crippen LogP contribution in [0.5, 0.6) is 0 Å². The van der Waals surface area contributed by atoms with Gasteiger partial charge in [-0.15, -0.1) is 0 Å². The zero-order valence-corrected chi connectivity index (χ0v) is 14.6. The van der Waals surface area contributed by atoms with Crippen LogP contribution in [-0.2, 0) is 4.79 Å². The second-order valence-electron chi connectivity index (χ2n) is 6.07. The summed E-state index contributed by atoms with van der Waals surface area (Å²) in [7, 11) is 0. The molecular formula is C17H26ClN3O2. The van der Waals surface area contributed by atoms with Crippen molar-refractivity contribution in [2.24, 2.45) is 0 Å². The van der Waals surface area contributed by atoms with E-state index in [4.69, 9.17) is 11.6 Å². The highest BCUT2D eigenvalue weighted by atomic mass is 35.5. The van der Waals surface area contributed by atoms with Gasteiger partial charge in [0.2, 0.25) is 5.91 Å². The number of nitrogens with one attached hydrogen (secondary N) is 1. The maximum atomic E-state index is 12.2. The van der Waals surface area contributed by atoms with E-state index in [9.17, 15) is 9.90 Å². The Kier molecular flexibility index (Phi) is 6.84. The third-order valence-corrected chi connectivity index (χ3v) is 4.84. The van der Waals surface area contributed by atoms with E-state index in [0.717, 1.165) is 43.9 Å². The summed E-state index contributed by atoms with van der Waals surface area (Å²) in [5.41, 5.74) is 1.73. The van der Waals surface area contributed by atoms with Gasteiger partial charge in [-0.3, -0.25) is 14.6 Å². The van der Waals surface area contributed by atoms with Crippen molar-refractivity contribution < 1.29 is 9.90 Å². The van der Waals surface area contributed by atoms with Gasteiger partial charge in [-0.05, 0) is 31.0 Å². The maximum Gasteiger partial charge on any atom is 0.238 e. The fourth-order valence-electron chi connectivity index (χ4n) is 2.86. The molecule has 0 saturated carbocycles. The Morgan fingerprint density at radius 3 is 2.61 bits per heavy atom. The molecule has 5 nitrogen and oxygen atoms in total. The number of nitrogens with zero attached hydrogens (tertiary/aromatic N) is 2. The average Bonchev–Trinajstić information content (AvgIpc) is 2.53. The minimum atomic E-state index is -0.0208. The highest BCUT2D eigenvalue weighted by Gasteiger charge is 2.23. The van der Waals surface area contributed by atoms with Crippen LogP contribution in [0.15, 0.2) is 18.2 Å². The fraction of sp³-hybridized carbons (Fsp3) is 0.588. The van der Waals surface area contributed by atoms with Crippen molar-refractivity contribution in [3.63, 3.8) is 0 Å². The van der Waals surface area contributed by atoms with Crippen LogP contribution in [0.3, 0.4) is 0 Å². The predicted molar refractivity (Wildman–Crippen MR) is 94.0 cm³/mol. The van der Waals surface area contributed by atoms with E-state index in [-0.39, 0.29) is 18.6 Å². The van der Waals surface area contributed by atoms with Gasteiger partial charge in [-0.2, -0.15) is 0 Å². The highest BCUT2D eigenvalue weighted by Crippen LogP contribution is 2.20. The number of carbonyl (C=O) groups is 1. The van der Waals surface area contributed by atoms with Gasteiger partial charge < -0.3 is 10.4 Å². The molecule has 0 bridgehead atoms. The van der Waals surface area contributed by atoms with Gasteiger partial charge in [0.1, 0.15) is 0 Å². The van der Waals surface area contributed by atoms with E-state index in [2.05, 4.69) is 22.0 Å². The Bertz CT molecular complexity index is 527. The molecule has 0 radical (unpaired) electrons. The molecule has 23 heavy (non-hydrogen) atoms. The van der Waals surface area contributed by atoms with E-state index >= 15 is 0 Å². The summed E-state index contributed by atoms with van der Waals surface area (Å²) < 4.78 is 0. The van der Waals surface area contributed by atoms with Crippen LogP contribution in [-0.4, -0.2) is 66.2 Å². The number of aryl methyl sites for hydroxylation is 1.